The summed E-state index contributed by atoms with van der Waals surface area (Å²) in [4.78, 5) is 25.0. The first-order chi connectivity index (χ1) is 8.36. The van der Waals surface area contributed by atoms with Crippen LogP contribution >= 0.6 is 0 Å². The highest BCUT2D eigenvalue weighted by Crippen LogP contribution is 2.24. The first-order valence-electron chi connectivity index (χ1n) is 6.64. The molecule has 1 saturated heterocycles. The molecule has 0 bridgehead atoms. The molecular weight excluding hydrogens is 232 g/mol. The third kappa shape index (κ3) is 3.45. The fourth-order valence-corrected chi connectivity index (χ4v) is 2.27. The first-order valence-corrected chi connectivity index (χ1v) is 6.64. The van der Waals surface area contributed by atoms with Crippen LogP contribution in [0.25, 0.3) is 0 Å². The van der Waals surface area contributed by atoms with Crippen molar-refractivity contribution in [3.8, 4) is 0 Å². The summed E-state index contributed by atoms with van der Waals surface area (Å²) in [5, 5.41) is 12.0. The van der Waals surface area contributed by atoms with E-state index >= 15 is 0 Å². The number of carbonyl (C=O) groups is 2. The van der Waals surface area contributed by atoms with Gasteiger partial charge in [-0.25, -0.2) is 0 Å². The number of nitrogens with zero attached hydrogens (tertiary/aromatic N) is 1. The fraction of sp³-hybridized carbons (Fsp3) is 0.846. The maximum atomic E-state index is 12.0. The van der Waals surface area contributed by atoms with E-state index in [-0.39, 0.29) is 29.8 Å². The third-order valence-corrected chi connectivity index (χ3v) is 3.89. The van der Waals surface area contributed by atoms with Crippen molar-refractivity contribution in [2.45, 2.75) is 46.2 Å². The van der Waals surface area contributed by atoms with E-state index < -0.39 is 5.97 Å². The monoisotopic (exact) mass is 256 g/mol. The number of nitrogens with one attached hydrogen (secondary N) is 1. The van der Waals surface area contributed by atoms with E-state index in [2.05, 4.69) is 5.32 Å². The van der Waals surface area contributed by atoms with Crippen molar-refractivity contribution in [1.82, 2.24) is 10.2 Å². The molecule has 0 aromatic rings. The predicted molar refractivity (Wildman–Crippen MR) is 69.2 cm³/mol. The zero-order chi connectivity index (χ0) is 13.9. The molecule has 1 heterocycles. The fourth-order valence-electron chi connectivity index (χ4n) is 2.27. The lowest BCUT2D eigenvalue weighted by molar-refractivity contribution is -0.142. The van der Waals surface area contributed by atoms with Crippen LogP contribution in [0.15, 0.2) is 0 Å². The number of likely N-dealkylation sites (tertiary alicyclic amines) is 1. The van der Waals surface area contributed by atoms with Crippen LogP contribution in [0.4, 0.5) is 0 Å². The molecule has 0 aromatic heterocycles. The topological polar surface area (TPSA) is 69.6 Å². The normalized spacial score (nSPS) is 27.8. The van der Waals surface area contributed by atoms with Crippen LogP contribution in [0.3, 0.4) is 0 Å². The average molecular weight is 256 g/mol. The Labute approximate surface area is 109 Å². The molecule has 0 spiro atoms. The molecular formula is C13H24N2O3. The van der Waals surface area contributed by atoms with Gasteiger partial charge >= 0.3 is 5.97 Å². The van der Waals surface area contributed by atoms with Gasteiger partial charge in [-0.2, -0.15) is 0 Å². The van der Waals surface area contributed by atoms with Gasteiger partial charge < -0.3 is 10.4 Å². The van der Waals surface area contributed by atoms with E-state index in [4.69, 9.17) is 5.11 Å². The van der Waals surface area contributed by atoms with Gasteiger partial charge in [-0.1, -0.05) is 13.8 Å². The molecule has 104 valence electrons. The Hall–Kier alpha value is -1.10. The summed E-state index contributed by atoms with van der Waals surface area (Å²) in [6.45, 7) is 8.90. The van der Waals surface area contributed by atoms with Crippen LogP contribution in [0.1, 0.15) is 34.1 Å². The van der Waals surface area contributed by atoms with Gasteiger partial charge in [0.15, 0.2) is 0 Å². The molecule has 1 rings (SSSR count). The molecule has 5 heteroatoms. The van der Waals surface area contributed by atoms with E-state index in [9.17, 15) is 9.59 Å². The van der Waals surface area contributed by atoms with Crippen LogP contribution in [0, 0.1) is 11.8 Å². The van der Waals surface area contributed by atoms with Gasteiger partial charge in [0.25, 0.3) is 0 Å². The average Bonchev–Trinajstić information content (AvgIpc) is 2.70. The van der Waals surface area contributed by atoms with E-state index in [1.165, 1.54) is 0 Å². The van der Waals surface area contributed by atoms with E-state index in [1.54, 1.807) is 0 Å². The Morgan fingerprint density at radius 3 is 2.44 bits per heavy atom. The van der Waals surface area contributed by atoms with Gasteiger partial charge in [0.05, 0.1) is 12.0 Å². The molecule has 1 aliphatic heterocycles. The molecule has 4 atom stereocenters. The Bertz CT molecular complexity index is 319. The minimum Gasteiger partial charge on any atom is -0.481 e. The Morgan fingerprint density at radius 1 is 1.39 bits per heavy atom. The van der Waals surface area contributed by atoms with Crippen LogP contribution in [-0.2, 0) is 9.59 Å². The third-order valence-electron chi connectivity index (χ3n) is 3.89. The molecule has 0 saturated carbocycles. The highest BCUT2D eigenvalue weighted by atomic mass is 16.4. The number of carboxylic acid groups (broad SMARTS) is 1. The van der Waals surface area contributed by atoms with Crippen molar-refractivity contribution in [3.05, 3.63) is 0 Å². The molecule has 5 nitrogen and oxygen atoms in total. The molecule has 2 N–H and O–H groups in total. The van der Waals surface area contributed by atoms with Gasteiger partial charge in [-0.3, -0.25) is 14.5 Å². The standard InChI is InChI=1S/C13H24N2O3/c1-5-9(3)14-12(16)10(4)15-6-8(2)11(7-15)13(17)18/h8-11H,5-7H2,1-4H3,(H,14,16)(H,17,18)/t8-,9?,10?,11-/m1/s1. The van der Waals surface area contributed by atoms with E-state index in [0.717, 1.165) is 6.42 Å². The van der Waals surface area contributed by atoms with Gasteiger partial charge in [-0.05, 0) is 26.2 Å². The van der Waals surface area contributed by atoms with Gasteiger partial charge in [-0.15, -0.1) is 0 Å². The number of hydrogen-bond donors (Lipinski definition) is 2. The van der Waals surface area contributed by atoms with Crippen molar-refractivity contribution in [3.63, 3.8) is 0 Å². The summed E-state index contributed by atoms with van der Waals surface area (Å²) < 4.78 is 0. The van der Waals surface area contributed by atoms with Gasteiger partial charge in [0, 0.05) is 19.1 Å². The van der Waals surface area contributed by atoms with Crippen molar-refractivity contribution in [2.75, 3.05) is 13.1 Å². The van der Waals surface area contributed by atoms with E-state index in [1.807, 2.05) is 32.6 Å². The molecule has 0 aromatic carbocycles. The molecule has 0 aliphatic carbocycles. The number of carbonyl (C=O) groups excluding carboxylic acids is 1. The van der Waals surface area contributed by atoms with Crippen LogP contribution in [-0.4, -0.2) is 47.1 Å². The molecule has 1 amide bonds. The lowest BCUT2D eigenvalue weighted by Gasteiger charge is -2.24. The highest BCUT2D eigenvalue weighted by molar-refractivity contribution is 5.81. The number of carboxylic acids is 1. The van der Waals surface area contributed by atoms with Crippen molar-refractivity contribution in [1.29, 1.82) is 0 Å². The molecule has 0 radical (unpaired) electrons. The lowest BCUT2D eigenvalue weighted by Crippen LogP contribution is -2.47. The quantitative estimate of drug-likeness (QED) is 0.768. The summed E-state index contributed by atoms with van der Waals surface area (Å²) in [6, 6.07) is -0.0963. The largest absolute Gasteiger partial charge is 0.481 e. The number of hydrogen-bond acceptors (Lipinski definition) is 3. The Morgan fingerprint density at radius 2 is 2.00 bits per heavy atom. The van der Waals surface area contributed by atoms with Gasteiger partial charge in [0.1, 0.15) is 0 Å². The summed E-state index contributed by atoms with van der Waals surface area (Å²) in [6.07, 6.45) is 0.895. The molecule has 1 aliphatic rings. The van der Waals surface area contributed by atoms with Crippen molar-refractivity contribution in [2.24, 2.45) is 11.8 Å². The zero-order valence-electron chi connectivity index (χ0n) is 11.6. The van der Waals surface area contributed by atoms with E-state index in [0.29, 0.717) is 13.1 Å². The Kier molecular flexibility index (Phi) is 5.14. The highest BCUT2D eigenvalue weighted by Gasteiger charge is 2.38. The lowest BCUT2D eigenvalue weighted by atomic mass is 9.99. The second kappa shape index (κ2) is 6.18. The number of rotatable bonds is 5. The smallest absolute Gasteiger partial charge is 0.308 e. The molecule has 2 unspecified atom stereocenters. The number of aliphatic carboxylic acids is 1. The van der Waals surface area contributed by atoms with Gasteiger partial charge in [0.2, 0.25) is 5.91 Å². The zero-order valence-corrected chi connectivity index (χ0v) is 11.6. The minimum atomic E-state index is -0.764. The molecule has 1 fully saturated rings. The Balaban J connectivity index is 2.56. The summed E-state index contributed by atoms with van der Waals surface area (Å²) in [5.74, 6) is -1.03. The minimum absolute atomic E-state index is 0.0115. The number of amides is 1. The maximum Gasteiger partial charge on any atom is 0.308 e. The van der Waals surface area contributed by atoms with Crippen LogP contribution < -0.4 is 5.32 Å². The van der Waals surface area contributed by atoms with Crippen LogP contribution in [0.2, 0.25) is 0 Å². The summed E-state index contributed by atoms with van der Waals surface area (Å²) in [5.41, 5.74) is 0. The SMILES string of the molecule is CCC(C)NC(=O)C(C)N1C[C@@H](C)[C@H](C(=O)O)C1. The maximum absolute atomic E-state index is 12.0. The molecule has 18 heavy (non-hydrogen) atoms. The summed E-state index contributed by atoms with van der Waals surface area (Å²) in [7, 11) is 0. The van der Waals surface area contributed by atoms with Crippen LogP contribution in [0.5, 0.6) is 0 Å². The summed E-state index contributed by atoms with van der Waals surface area (Å²) >= 11 is 0. The first kappa shape index (κ1) is 15.0. The van der Waals surface area contributed by atoms with Crippen molar-refractivity contribution < 1.29 is 14.7 Å². The second-order valence-corrected chi connectivity index (χ2v) is 5.37. The second-order valence-electron chi connectivity index (χ2n) is 5.37. The van der Waals surface area contributed by atoms with Crippen molar-refractivity contribution >= 4 is 11.9 Å². The predicted octanol–water partition coefficient (Wildman–Crippen LogP) is 0.942.